The molecule has 0 aromatic carbocycles. The smallest absolute Gasteiger partial charge is 0.303 e. The lowest BCUT2D eigenvalue weighted by atomic mass is 9.98. The van der Waals surface area contributed by atoms with Crippen LogP contribution in [0.1, 0.15) is 40.5 Å². The summed E-state index contributed by atoms with van der Waals surface area (Å²) in [5.41, 5.74) is -0.451. The molecule has 0 bridgehead atoms. The predicted molar refractivity (Wildman–Crippen MR) is 66.7 cm³/mol. The number of nitrogens with one attached hydrogen (secondary N) is 1. The predicted octanol–water partition coefficient (Wildman–Crippen LogP) is 1.89. The number of carbonyl (C=O) groups is 2. The van der Waals surface area contributed by atoms with E-state index in [4.69, 9.17) is 5.11 Å². The summed E-state index contributed by atoms with van der Waals surface area (Å²) >= 11 is 1.58. The Morgan fingerprint density at radius 2 is 1.94 bits per heavy atom. The maximum absolute atomic E-state index is 11.5. The Kier molecular flexibility index (Phi) is 6.48. The fourth-order valence-corrected chi connectivity index (χ4v) is 1.69. The number of carboxylic acids is 1. The molecule has 94 valence electrons. The van der Waals surface area contributed by atoms with E-state index >= 15 is 0 Å². The minimum absolute atomic E-state index is 0.0333. The van der Waals surface area contributed by atoms with Gasteiger partial charge >= 0.3 is 5.97 Å². The average molecular weight is 247 g/mol. The molecule has 1 amide bonds. The Labute approximate surface area is 101 Å². The third-order valence-corrected chi connectivity index (χ3v) is 3.08. The molecule has 5 heteroatoms. The summed E-state index contributed by atoms with van der Waals surface area (Å²) in [5, 5.41) is 11.8. The van der Waals surface area contributed by atoms with E-state index in [2.05, 4.69) is 5.32 Å². The molecule has 0 heterocycles. The topological polar surface area (TPSA) is 66.4 Å². The number of carboxylic acid groups (broad SMARTS) is 1. The molecular formula is C11H21NO3S. The highest BCUT2D eigenvalue weighted by molar-refractivity contribution is 8.00. The Bertz CT molecular complexity index is 252. The van der Waals surface area contributed by atoms with Crippen LogP contribution in [0.25, 0.3) is 0 Å². The van der Waals surface area contributed by atoms with Gasteiger partial charge < -0.3 is 10.4 Å². The van der Waals surface area contributed by atoms with E-state index < -0.39 is 11.5 Å². The van der Waals surface area contributed by atoms with Crippen LogP contribution in [0.4, 0.5) is 0 Å². The van der Waals surface area contributed by atoms with Crippen LogP contribution in [0, 0.1) is 0 Å². The fraction of sp³-hybridized carbons (Fsp3) is 0.818. The van der Waals surface area contributed by atoms with E-state index in [1.165, 1.54) is 0 Å². The maximum atomic E-state index is 11.5. The molecule has 0 aromatic heterocycles. The van der Waals surface area contributed by atoms with Gasteiger partial charge in [-0.15, -0.1) is 11.8 Å². The summed E-state index contributed by atoms with van der Waals surface area (Å²) in [4.78, 5) is 22.0. The molecule has 16 heavy (non-hydrogen) atoms. The quantitative estimate of drug-likeness (QED) is 0.721. The molecule has 0 saturated heterocycles. The number of hydrogen-bond acceptors (Lipinski definition) is 3. The lowest BCUT2D eigenvalue weighted by Gasteiger charge is -2.25. The van der Waals surface area contributed by atoms with Crippen LogP contribution in [-0.4, -0.2) is 33.5 Å². The second-order valence-electron chi connectivity index (χ2n) is 4.69. The van der Waals surface area contributed by atoms with Crippen LogP contribution in [0.3, 0.4) is 0 Å². The van der Waals surface area contributed by atoms with E-state index in [0.29, 0.717) is 17.4 Å². The van der Waals surface area contributed by atoms with E-state index in [-0.39, 0.29) is 12.3 Å². The van der Waals surface area contributed by atoms with Crippen molar-refractivity contribution >= 4 is 23.6 Å². The van der Waals surface area contributed by atoms with Crippen molar-refractivity contribution < 1.29 is 14.7 Å². The maximum Gasteiger partial charge on any atom is 0.303 e. The van der Waals surface area contributed by atoms with Gasteiger partial charge in [0.2, 0.25) is 5.91 Å². The van der Waals surface area contributed by atoms with Crippen LogP contribution in [0.5, 0.6) is 0 Å². The van der Waals surface area contributed by atoms with E-state index in [0.717, 1.165) is 0 Å². The fourth-order valence-electron chi connectivity index (χ4n) is 1.14. The summed E-state index contributed by atoms with van der Waals surface area (Å²) in [7, 11) is 0. The van der Waals surface area contributed by atoms with Gasteiger partial charge in [-0.3, -0.25) is 9.59 Å². The molecule has 0 atom stereocenters. The number of thioether (sulfide) groups is 1. The van der Waals surface area contributed by atoms with Crippen LogP contribution in [0.2, 0.25) is 0 Å². The first-order valence-electron chi connectivity index (χ1n) is 5.37. The van der Waals surface area contributed by atoms with E-state index in [1.54, 1.807) is 11.8 Å². The standard InChI is InChI=1S/C11H21NO3S/c1-8(2)16-7-9(13)12-11(3,4)6-5-10(14)15/h8H,5-7H2,1-4H3,(H,12,13)(H,14,15). The molecule has 0 radical (unpaired) electrons. The van der Waals surface area contributed by atoms with Crippen LogP contribution in [0.15, 0.2) is 0 Å². The molecule has 0 aromatic rings. The van der Waals surface area contributed by atoms with Crippen molar-refractivity contribution in [2.24, 2.45) is 0 Å². The highest BCUT2D eigenvalue weighted by Gasteiger charge is 2.21. The van der Waals surface area contributed by atoms with Gasteiger partial charge in [0.1, 0.15) is 0 Å². The van der Waals surface area contributed by atoms with Gasteiger partial charge in [-0.2, -0.15) is 0 Å². The number of amides is 1. The van der Waals surface area contributed by atoms with Gasteiger partial charge in [0.05, 0.1) is 5.75 Å². The first kappa shape index (κ1) is 15.3. The third-order valence-electron chi connectivity index (χ3n) is 1.99. The number of rotatable bonds is 7. The molecule has 0 rings (SSSR count). The van der Waals surface area contributed by atoms with Crippen LogP contribution >= 0.6 is 11.8 Å². The summed E-state index contributed by atoms with van der Waals surface area (Å²) in [6.07, 6.45) is 0.519. The normalized spacial score (nSPS) is 11.6. The summed E-state index contributed by atoms with van der Waals surface area (Å²) in [6.45, 7) is 7.75. The van der Waals surface area contributed by atoms with Crippen molar-refractivity contribution in [3.63, 3.8) is 0 Å². The van der Waals surface area contributed by atoms with Gasteiger partial charge in [0.25, 0.3) is 0 Å². The average Bonchev–Trinajstić information content (AvgIpc) is 2.11. The van der Waals surface area contributed by atoms with Gasteiger partial charge in [0.15, 0.2) is 0 Å². The van der Waals surface area contributed by atoms with Crippen molar-refractivity contribution in [1.82, 2.24) is 5.32 Å². The molecule has 0 fully saturated rings. The summed E-state index contributed by atoms with van der Waals surface area (Å²) in [6, 6.07) is 0. The minimum Gasteiger partial charge on any atom is -0.481 e. The number of hydrogen-bond donors (Lipinski definition) is 2. The second-order valence-corrected chi connectivity index (χ2v) is 6.25. The van der Waals surface area contributed by atoms with E-state index in [9.17, 15) is 9.59 Å². The molecule has 4 nitrogen and oxygen atoms in total. The van der Waals surface area contributed by atoms with Crippen molar-refractivity contribution in [3.05, 3.63) is 0 Å². The Morgan fingerprint density at radius 3 is 2.38 bits per heavy atom. The summed E-state index contributed by atoms with van der Waals surface area (Å²) < 4.78 is 0. The van der Waals surface area contributed by atoms with Crippen molar-refractivity contribution in [3.8, 4) is 0 Å². The lowest BCUT2D eigenvalue weighted by molar-refractivity contribution is -0.137. The molecular weight excluding hydrogens is 226 g/mol. The molecule has 0 aliphatic heterocycles. The highest BCUT2D eigenvalue weighted by Crippen LogP contribution is 2.13. The minimum atomic E-state index is -0.834. The third kappa shape index (κ3) is 8.59. The molecule has 0 spiro atoms. The molecule has 0 aliphatic carbocycles. The SMILES string of the molecule is CC(C)SCC(=O)NC(C)(C)CCC(=O)O. The van der Waals surface area contributed by atoms with Crippen molar-refractivity contribution in [1.29, 1.82) is 0 Å². The Morgan fingerprint density at radius 1 is 1.38 bits per heavy atom. The first-order chi connectivity index (χ1) is 7.23. The zero-order valence-corrected chi connectivity index (χ0v) is 11.2. The Hall–Kier alpha value is -0.710. The van der Waals surface area contributed by atoms with Crippen molar-refractivity contribution in [2.45, 2.75) is 51.3 Å². The van der Waals surface area contributed by atoms with Crippen molar-refractivity contribution in [2.75, 3.05) is 5.75 Å². The lowest BCUT2D eigenvalue weighted by Crippen LogP contribution is -2.44. The Balaban J connectivity index is 3.94. The molecule has 2 N–H and O–H groups in total. The molecule has 0 saturated carbocycles. The number of aliphatic carboxylic acids is 1. The second kappa shape index (κ2) is 6.78. The molecule has 0 unspecified atom stereocenters. The van der Waals surface area contributed by atoms with Gasteiger partial charge in [-0.05, 0) is 25.5 Å². The van der Waals surface area contributed by atoms with Gasteiger partial charge in [-0.1, -0.05) is 13.8 Å². The van der Waals surface area contributed by atoms with E-state index in [1.807, 2.05) is 27.7 Å². The summed E-state index contributed by atoms with van der Waals surface area (Å²) in [5.74, 6) is -0.443. The number of carbonyl (C=O) groups excluding carboxylic acids is 1. The van der Waals surface area contributed by atoms with Crippen LogP contribution < -0.4 is 5.32 Å². The first-order valence-corrected chi connectivity index (χ1v) is 6.42. The largest absolute Gasteiger partial charge is 0.481 e. The monoisotopic (exact) mass is 247 g/mol. The van der Waals surface area contributed by atoms with Gasteiger partial charge in [0, 0.05) is 12.0 Å². The molecule has 0 aliphatic rings. The van der Waals surface area contributed by atoms with Crippen LogP contribution in [-0.2, 0) is 9.59 Å². The highest BCUT2D eigenvalue weighted by atomic mass is 32.2. The zero-order chi connectivity index (χ0) is 12.8. The zero-order valence-electron chi connectivity index (χ0n) is 10.4. The van der Waals surface area contributed by atoms with Gasteiger partial charge in [-0.25, -0.2) is 0 Å².